The third-order valence-electron chi connectivity index (χ3n) is 1.80. The van der Waals surface area contributed by atoms with Gasteiger partial charge in [-0.1, -0.05) is 0 Å². The van der Waals surface area contributed by atoms with E-state index in [0.29, 0.717) is 0 Å². The number of urea groups is 1. The number of carbonyl (C=O) groups is 3. The fourth-order valence-corrected chi connectivity index (χ4v) is 0.906. The van der Waals surface area contributed by atoms with E-state index in [1.54, 1.807) is 0 Å². The fourth-order valence-electron chi connectivity index (χ4n) is 0.906. The number of hydrogen-bond donors (Lipinski definition) is 2. The van der Waals surface area contributed by atoms with Crippen molar-refractivity contribution in [3.8, 4) is 0 Å². The van der Waals surface area contributed by atoms with E-state index >= 15 is 0 Å². The zero-order valence-corrected chi connectivity index (χ0v) is 9.70. The summed E-state index contributed by atoms with van der Waals surface area (Å²) in [5, 5.41) is 4.62. The smallest absolute Gasteiger partial charge is 0.328 e. The Hall–Kier alpha value is -1.79. The molecule has 7 heteroatoms. The highest BCUT2D eigenvalue weighted by Gasteiger charge is 2.19. The molecule has 0 aromatic carbocycles. The van der Waals surface area contributed by atoms with Gasteiger partial charge >= 0.3 is 18.0 Å². The lowest BCUT2D eigenvalue weighted by molar-refractivity contribution is -0.142. The van der Waals surface area contributed by atoms with Crippen molar-refractivity contribution in [3.05, 3.63) is 0 Å². The summed E-state index contributed by atoms with van der Waals surface area (Å²) in [6.45, 7) is 2.93. The van der Waals surface area contributed by atoms with Crippen LogP contribution in [0.4, 0.5) is 4.79 Å². The molecule has 0 aromatic rings. The van der Waals surface area contributed by atoms with E-state index in [4.69, 9.17) is 0 Å². The number of rotatable bonds is 4. The maximum atomic E-state index is 11.3. The molecule has 0 spiro atoms. The molecule has 2 amide bonds. The molecule has 0 heterocycles. The lowest BCUT2D eigenvalue weighted by Crippen LogP contribution is -2.49. The van der Waals surface area contributed by atoms with Gasteiger partial charge in [-0.2, -0.15) is 0 Å². The van der Waals surface area contributed by atoms with Crippen LogP contribution in [0.3, 0.4) is 0 Å². The van der Waals surface area contributed by atoms with Gasteiger partial charge in [-0.25, -0.2) is 14.4 Å². The van der Waals surface area contributed by atoms with Crippen molar-refractivity contribution in [3.63, 3.8) is 0 Å². The van der Waals surface area contributed by atoms with E-state index in [1.165, 1.54) is 28.1 Å². The van der Waals surface area contributed by atoms with Crippen LogP contribution in [0.25, 0.3) is 0 Å². The highest BCUT2D eigenvalue weighted by Crippen LogP contribution is 1.88. The van der Waals surface area contributed by atoms with Gasteiger partial charge < -0.3 is 20.1 Å². The number of carbonyl (C=O) groups excluding carboxylic acids is 3. The average Bonchev–Trinajstić information content (AvgIpc) is 2.26. The zero-order valence-electron chi connectivity index (χ0n) is 9.70. The Balaban J connectivity index is 4.08. The van der Waals surface area contributed by atoms with Crippen molar-refractivity contribution in [1.82, 2.24) is 10.6 Å². The van der Waals surface area contributed by atoms with E-state index in [2.05, 4.69) is 20.1 Å². The summed E-state index contributed by atoms with van der Waals surface area (Å²) < 4.78 is 8.83. The number of amides is 2. The maximum absolute atomic E-state index is 11.3. The number of hydrogen-bond acceptors (Lipinski definition) is 5. The molecule has 0 bridgehead atoms. The zero-order chi connectivity index (χ0) is 12.7. The molecule has 0 aliphatic rings. The maximum Gasteiger partial charge on any atom is 0.328 e. The molecular weight excluding hydrogens is 216 g/mol. The summed E-state index contributed by atoms with van der Waals surface area (Å²) in [4.78, 5) is 33.2. The van der Waals surface area contributed by atoms with Crippen LogP contribution >= 0.6 is 0 Å². The van der Waals surface area contributed by atoms with Crippen LogP contribution in [0.1, 0.15) is 13.8 Å². The molecule has 92 valence electrons. The Labute approximate surface area is 93.5 Å². The monoisotopic (exact) mass is 232 g/mol. The SMILES string of the molecule is COC(=O)C(C)NC(=O)NC(C)C(=O)OC. The summed E-state index contributed by atoms with van der Waals surface area (Å²) in [7, 11) is 2.44. The van der Waals surface area contributed by atoms with Crippen LogP contribution in [-0.2, 0) is 19.1 Å². The van der Waals surface area contributed by atoms with Gasteiger partial charge in [0, 0.05) is 0 Å². The molecule has 0 aliphatic carbocycles. The fraction of sp³-hybridized carbons (Fsp3) is 0.667. The van der Waals surface area contributed by atoms with Gasteiger partial charge in [0.25, 0.3) is 0 Å². The lowest BCUT2D eigenvalue weighted by Gasteiger charge is -2.15. The van der Waals surface area contributed by atoms with Crippen molar-refractivity contribution in [1.29, 1.82) is 0 Å². The van der Waals surface area contributed by atoms with E-state index in [0.717, 1.165) is 0 Å². The Morgan fingerprint density at radius 3 is 1.44 bits per heavy atom. The highest BCUT2D eigenvalue weighted by atomic mass is 16.5. The van der Waals surface area contributed by atoms with Crippen LogP contribution in [-0.4, -0.2) is 44.3 Å². The standard InChI is InChI=1S/C9H16N2O5/c1-5(7(12)15-3)10-9(14)11-6(2)8(13)16-4/h5-6H,1-4H3,(H2,10,11,14). The van der Waals surface area contributed by atoms with Gasteiger partial charge in [-0.15, -0.1) is 0 Å². The average molecular weight is 232 g/mol. The molecule has 0 saturated heterocycles. The molecule has 0 fully saturated rings. The molecule has 2 atom stereocenters. The Bertz CT molecular complexity index is 253. The Morgan fingerprint density at radius 2 is 1.19 bits per heavy atom. The molecule has 0 saturated carbocycles. The minimum atomic E-state index is -0.783. The summed E-state index contributed by atoms with van der Waals surface area (Å²) in [6.07, 6.45) is 0. The molecule has 2 N–H and O–H groups in total. The second-order valence-electron chi connectivity index (χ2n) is 3.11. The predicted octanol–water partition coefficient (Wildman–Crippen LogP) is -0.591. The topological polar surface area (TPSA) is 93.7 Å². The molecule has 16 heavy (non-hydrogen) atoms. The van der Waals surface area contributed by atoms with E-state index < -0.39 is 30.1 Å². The predicted molar refractivity (Wildman–Crippen MR) is 54.6 cm³/mol. The number of esters is 2. The van der Waals surface area contributed by atoms with Crippen molar-refractivity contribution >= 4 is 18.0 Å². The summed E-state index contributed by atoms with van der Waals surface area (Å²) in [5.41, 5.74) is 0. The normalized spacial score (nSPS) is 13.2. The van der Waals surface area contributed by atoms with E-state index in [-0.39, 0.29) is 0 Å². The first-order valence-corrected chi connectivity index (χ1v) is 4.65. The van der Waals surface area contributed by atoms with E-state index in [9.17, 15) is 14.4 Å². The van der Waals surface area contributed by atoms with Crippen molar-refractivity contribution in [2.75, 3.05) is 14.2 Å². The molecule has 0 aromatic heterocycles. The second kappa shape index (κ2) is 6.65. The molecule has 0 rings (SSSR count). The van der Waals surface area contributed by atoms with Crippen molar-refractivity contribution in [2.45, 2.75) is 25.9 Å². The molecule has 0 aliphatic heterocycles. The minimum absolute atomic E-state index is 0.569. The third-order valence-corrected chi connectivity index (χ3v) is 1.80. The van der Waals surface area contributed by atoms with Gasteiger partial charge in [0.15, 0.2) is 0 Å². The third kappa shape index (κ3) is 4.63. The first kappa shape index (κ1) is 14.2. The van der Waals surface area contributed by atoms with Crippen LogP contribution in [0.5, 0.6) is 0 Å². The van der Waals surface area contributed by atoms with Gasteiger partial charge in [0.05, 0.1) is 14.2 Å². The van der Waals surface area contributed by atoms with Crippen molar-refractivity contribution < 1.29 is 23.9 Å². The quantitative estimate of drug-likeness (QED) is 0.632. The second-order valence-corrected chi connectivity index (χ2v) is 3.11. The first-order chi connectivity index (χ1) is 7.42. The Kier molecular flexibility index (Phi) is 5.91. The van der Waals surface area contributed by atoms with Gasteiger partial charge in [-0.05, 0) is 13.8 Å². The van der Waals surface area contributed by atoms with Gasteiger partial charge in [-0.3, -0.25) is 0 Å². The van der Waals surface area contributed by atoms with Gasteiger partial charge in [0.2, 0.25) is 0 Å². The molecule has 0 radical (unpaired) electrons. The Morgan fingerprint density at radius 1 is 0.875 bits per heavy atom. The van der Waals surface area contributed by atoms with E-state index in [1.807, 2.05) is 0 Å². The number of methoxy groups -OCH3 is 2. The van der Waals surface area contributed by atoms with Crippen LogP contribution < -0.4 is 10.6 Å². The van der Waals surface area contributed by atoms with Crippen LogP contribution in [0, 0.1) is 0 Å². The summed E-state index contributed by atoms with van der Waals surface area (Å²) in [6, 6.07) is -2.21. The van der Waals surface area contributed by atoms with Gasteiger partial charge in [0.1, 0.15) is 12.1 Å². The summed E-state index contributed by atoms with van der Waals surface area (Å²) in [5.74, 6) is -1.14. The van der Waals surface area contributed by atoms with Crippen LogP contribution in [0.2, 0.25) is 0 Å². The minimum Gasteiger partial charge on any atom is -0.467 e. The highest BCUT2D eigenvalue weighted by molar-refractivity contribution is 5.86. The molecular formula is C9H16N2O5. The lowest BCUT2D eigenvalue weighted by atomic mass is 10.3. The number of ether oxygens (including phenoxy) is 2. The van der Waals surface area contributed by atoms with Crippen LogP contribution in [0.15, 0.2) is 0 Å². The molecule has 7 nitrogen and oxygen atoms in total. The largest absolute Gasteiger partial charge is 0.467 e. The first-order valence-electron chi connectivity index (χ1n) is 4.65. The molecule has 2 unspecified atom stereocenters. The summed E-state index contributed by atoms with van der Waals surface area (Å²) >= 11 is 0. The van der Waals surface area contributed by atoms with Crippen molar-refractivity contribution in [2.24, 2.45) is 0 Å². The number of nitrogens with one attached hydrogen (secondary N) is 2.